The maximum absolute atomic E-state index is 13.7. The first-order chi connectivity index (χ1) is 18.4. The summed E-state index contributed by atoms with van der Waals surface area (Å²) in [6, 6.07) is 21.5. The lowest BCUT2D eigenvalue weighted by Gasteiger charge is -2.22. The Morgan fingerprint density at radius 1 is 0.684 bits per heavy atom. The van der Waals surface area contributed by atoms with Crippen molar-refractivity contribution in [3.8, 4) is 11.5 Å². The molecule has 38 heavy (non-hydrogen) atoms. The highest BCUT2D eigenvalue weighted by molar-refractivity contribution is 6.23. The summed E-state index contributed by atoms with van der Waals surface area (Å²) >= 11 is 0. The van der Waals surface area contributed by atoms with E-state index >= 15 is 0 Å². The first-order valence-electron chi connectivity index (χ1n) is 12.4. The molecule has 1 saturated heterocycles. The van der Waals surface area contributed by atoms with Gasteiger partial charge in [0.15, 0.2) is 0 Å². The van der Waals surface area contributed by atoms with Crippen molar-refractivity contribution in [1.82, 2.24) is 0 Å². The molecule has 7 nitrogen and oxygen atoms in total. The smallest absolute Gasteiger partial charge is 0.335 e. The SMILES string of the molecule is COc1ccc(C(=C2[C@H]3C=C[C@H]2[C@H]2C(=O)N(c4ccc(C(=O)O)cc4)C(=O)[C@@H]23)c2ccc(OC)cc2)cc1. The largest absolute Gasteiger partial charge is 0.497 e. The number of benzene rings is 3. The minimum Gasteiger partial charge on any atom is -0.497 e. The number of aromatic carboxylic acids is 1. The maximum Gasteiger partial charge on any atom is 0.335 e. The van der Waals surface area contributed by atoms with Gasteiger partial charge < -0.3 is 14.6 Å². The van der Waals surface area contributed by atoms with Crippen LogP contribution in [0.5, 0.6) is 11.5 Å². The third-order valence-electron chi connectivity index (χ3n) is 7.83. The molecule has 1 heterocycles. The molecule has 0 aromatic heterocycles. The van der Waals surface area contributed by atoms with E-state index in [0.29, 0.717) is 5.69 Å². The molecule has 2 bridgehead atoms. The van der Waals surface area contributed by atoms with Crippen LogP contribution >= 0.6 is 0 Å². The van der Waals surface area contributed by atoms with Crippen molar-refractivity contribution in [2.45, 2.75) is 0 Å². The fourth-order valence-corrected chi connectivity index (χ4v) is 6.12. The molecule has 3 aromatic carbocycles. The number of hydrogen-bond donors (Lipinski definition) is 1. The molecule has 1 saturated carbocycles. The van der Waals surface area contributed by atoms with E-state index in [2.05, 4.69) is 12.2 Å². The number of nitrogens with zero attached hydrogens (tertiary/aromatic N) is 1. The van der Waals surface area contributed by atoms with Gasteiger partial charge in [0.25, 0.3) is 0 Å². The second kappa shape index (κ2) is 9.03. The quantitative estimate of drug-likeness (QED) is 0.380. The molecule has 0 radical (unpaired) electrons. The van der Waals surface area contributed by atoms with E-state index in [1.807, 2.05) is 48.5 Å². The monoisotopic (exact) mass is 507 g/mol. The van der Waals surface area contributed by atoms with Crippen molar-refractivity contribution < 1.29 is 29.0 Å². The number of fused-ring (bicyclic) bond motifs is 5. The summed E-state index contributed by atoms with van der Waals surface area (Å²) in [5, 5.41) is 9.21. The molecular formula is C31H25NO6. The molecular weight excluding hydrogens is 482 g/mol. The molecule has 3 aliphatic rings. The number of amides is 2. The number of allylic oxidation sites excluding steroid dienone is 3. The summed E-state index contributed by atoms with van der Waals surface area (Å²) in [5.74, 6) is -1.51. The van der Waals surface area contributed by atoms with E-state index in [4.69, 9.17) is 9.47 Å². The normalized spacial score (nSPS) is 23.1. The molecule has 2 amide bonds. The number of rotatable bonds is 6. The molecule has 7 heteroatoms. The van der Waals surface area contributed by atoms with Gasteiger partial charge in [-0.1, -0.05) is 36.4 Å². The summed E-state index contributed by atoms with van der Waals surface area (Å²) in [7, 11) is 3.25. The predicted molar refractivity (Wildman–Crippen MR) is 141 cm³/mol. The van der Waals surface area contributed by atoms with E-state index in [0.717, 1.165) is 33.8 Å². The van der Waals surface area contributed by atoms with Crippen LogP contribution in [-0.4, -0.2) is 37.1 Å². The van der Waals surface area contributed by atoms with Gasteiger partial charge in [-0.25, -0.2) is 9.69 Å². The van der Waals surface area contributed by atoms with Crippen molar-refractivity contribution in [1.29, 1.82) is 0 Å². The molecule has 190 valence electrons. The zero-order chi connectivity index (χ0) is 26.6. The van der Waals surface area contributed by atoms with Crippen LogP contribution in [0.25, 0.3) is 5.57 Å². The average Bonchev–Trinajstić information content (AvgIpc) is 3.58. The minimum absolute atomic E-state index is 0.101. The predicted octanol–water partition coefficient (Wildman–Crippen LogP) is 4.83. The molecule has 2 fully saturated rings. The molecule has 1 N–H and O–H groups in total. The summed E-state index contributed by atoms with van der Waals surface area (Å²) in [4.78, 5) is 39.9. The van der Waals surface area contributed by atoms with Crippen LogP contribution in [-0.2, 0) is 9.59 Å². The van der Waals surface area contributed by atoms with Gasteiger partial charge in [-0.05, 0) is 70.8 Å². The van der Waals surface area contributed by atoms with E-state index in [-0.39, 0.29) is 29.2 Å². The van der Waals surface area contributed by atoms with E-state index < -0.39 is 17.8 Å². The lowest BCUT2D eigenvalue weighted by atomic mass is 9.85. The second-order valence-corrected chi connectivity index (χ2v) is 9.64. The lowest BCUT2D eigenvalue weighted by Crippen LogP contribution is -2.33. The van der Waals surface area contributed by atoms with Crippen LogP contribution in [0.1, 0.15) is 21.5 Å². The summed E-state index contributed by atoms with van der Waals surface area (Å²) in [5.41, 5.74) is 4.52. The van der Waals surface area contributed by atoms with Crippen molar-refractivity contribution in [2.75, 3.05) is 19.1 Å². The van der Waals surface area contributed by atoms with Gasteiger partial charge in [0.2, 0.25) is 11.8 Å². The van der Waals surface area contributed by atoms with Crippen LogP contribution in [0.4, 0.5) is 5.69 Å². The summed E-state index contributed by atoms with van der Waals surface area (Å²) in [6.07, 6.45) is 4.10. The van der Waals surface area contributed by atoms with Gasteiger partial charge in [0, 0.05) is 11.8 Å². The zero-order valence-electron chi connectivity index (χ0n) is 20.8. The van der Waals surface area contributed by atoms with Gasteiger partial charge in [0.05, 0.1) is 37.3 Å². The van der Waals surface area contributed by atoms with Crippen molar-refractivity contribution >= 4 is 29.0 Å². The number of ether oxygens (including phenoxy) is 2. The molecule has 0 unspecified atom stereocenters. The van der Waals surface area contributed by atoms with Crippen LogP contribution in [0.2, 0.25) is 0 Å². The van der Waals surface area contributed by atoms with E-state index in [9.17, 15) is 19.5 Å². The Morgan fingerprint density at radius 3 is 1.50 bits per heavy atom. The van der Waals surface area contributed by atoms with Crippen molar-refractivity contribution in [3.63, 3.8) is 0 Å². The molecule has 6 rings (SSSR count). The number of carbonyl (C=O) groups is 3. The number of methoxy groups -OCH3 is 2. The Hall–Kier alpha value is -4.65. The standard InChI is InChI=1S/C31H25NO6/c1-37-21-11-5-17(6-12-21)25(18-7-13-22(38-2)14-8-18)26-23-15-16-24(26)28-27(23)29(33)32(30(28)34)20-9-3-19(4-10-20)31(35)36/h3-16,23-24,27-28H,1-2H3,(H,35,36)/t23-,24-,27-,28-/m1/s1. The van der Waals surface area contributed by atoms with Gasteiger partial charge in [-0.2, -0.15) is 0 Å². The Kier molecular flexibility index (Phi) is 5.64. The highest BCUT2D eigenvalue weighted by Crippen LogP contribution is 2.59. The van der Waals surface area contributed by atoms with Crippen LogP contribution < -0.4 is 14.4 Å². The van der Waals surface area contributed by atoms with Gasteiger partial charge >= 0.3 is 5.97 Å². The highest BCUT2D eigenvalue weighted by atomic mass is 16.5. The Bertz CT molecular complexity index is 1420. The molecule has 0 spiro atoms. The summed E-state index contributed by atoms with van der Waals surface area (Å²) < 4.78 is 10.7. The minimum atomic E-state index is -1.06. The Morgan fingerprint density at radius 2 is 1.11 bits per heavy atom. The lowest BCUT2D eigenvalue weighted by molar-refractivity contribution is -0.122. The zero-order valence-corrected chi connectivity index (χ0v) is 20.8. The van der Waals surface area contributed by atoms with Gasteiger partial charge in [-0.15, -0.1) is 0 Å². The molecule has 4 atom stereocenters. The maximum atomic E-state index is 13.7. The fourth-order valence-electron chi connectivity index (χ4n) is 6.12. The van der Waals surface area contributed by atoms with Crippen LogP contribution in [0.15, 0.2) is 90.5 Å². The number of carbonyl (C=O) groups excluding carboxylic acids is 2. The van der Waals surface area contributed by atoms with Gasteiger partial charge in [0.1, 0.15) is 11.5 Å². The van der Waals surface area contributed by atoms with Crippen LogP contribution in [0, 0.1) is 23.7 Å². The first-order valence-corrected chi connectivity index (χ1v) is 12.4. The Balaban J connectivity index is 1.44. The van der Waals surface area contributed by atoms with Gasteiger partial charge in [-0.3, -0.25) is 9.59 Å². The van der Waals surface area contributed by atoms with Crippen molar-refractivity contribution in [2.24, 2.45) is 23.7 Å². The summed E-state index contributed by atoms with van der Waals surface area (Å²) in [6.45, 7) is 0. The topological polar surface area (TPSA) is 93.1 Å². The number of imide groups is 1. The average molecular weight is 508 g/mol. The Labute approximate surface area is 219 Å². The first kappa shape index (κ1) is 23.7. The third-order valence-corrected chi connectivity index (χ3v) is 7.83. The molecule has 3 aromatic rings. The number of carboxylic acids is 1. The number of hydrogen-bond acceptors (Lipinski definition) is 5. The number of anilines is 1. The third kappa shape index (κ3) is 3.54. The highest BCUT2D eigenvalue weighted by Gasteiger charge is 2.62. The molecule has 1 aliphatic heterocycles. The second-order valence-electron chi connectivity index (χ2n) is 9.64. The number of carboxylic acid groups (broad SMARTS) is 1. The molecule has 2 aliphatic carbocycles. The van der Waals surface area contributed by atoms with Crippen molar-refractivity contribution in [3.05, 3.63) is 107 Å². The van der Waals surface area contributed by atoms with E-state index in [1.165, 1.54) is 29.2 Å². The van der Waals surface area contributed by atoms with E-state index in [1.54, 1.807) is 14.2 Å². The fraction of sp³-hybridized carbons (Fsp3) is 0.194. The van der Waals surface area contributed by atoms with Crippen LogP contribution in [0.3, 0.4) is 0 Å².